The van der Waals surface area contributed by atoms with Crippen LogP contribution in [0, 0.1) is 12.8 Å². The van der Waals surface area contributed by atoms with E-state index in [0.717, 1.165) is 49.1 Å². The summed E-state index contributed by atoms with van der Waals surface area (Å²) >= 11 is 0. The van der Waals surface area contributed by atoms with Gasteiger partial charge in [0.2, 0.25) is 0 Å². The van der Waals surface area contributed by atoms with E-state index in [4.69, 9.17) is 4.99 Å². The molecule has 0 amide bonds. The van der Waals surface area contributed by atoms with E-state index in [-0.39, 0.29) is 0 Å². The monoisotopic (exact) mass is 413 g/mol. The van der Waals surface area contributed by atoms with Crippen LogP contribution in [0.5, 0.6) is 0 Å². The number of aliphatic imine (C=N–C) groups is 1. The van der Waals surface area contributed by atoms with E-state index in [2.05, 4.69) is 74.5 Å². The zero-order chi connectivity index (χ0) is 22.0. The summed E-state index contributed by atoms with van der Waals surface area (Å²) in [6.45, 7) is 18.0. The molecule has 1 aromatic carbocycles. The molecule has 0 bridgehead atoms. The molecular weight excluding hydrogens is 378 g/mol. The first-order valence-electron chi connectivity index (χ1n) is 11.5. The minimum atomic E-state index is 0.580. The van der Waals surface area contributed by atoms with E-state index in [1.165, 1.54) is 40.7 Å². The van der Waals surface area contributed by atoms with E-state index >= 15 is 0 Å². The fourth-order valence-electron chi connectivity index (χ4n) is 5.07. The van der Waals surface area contributed by atoms with Crippen LogP contribution in [0.15, 0.2) is 77.4 Å². The number of rotatable bonds is 6. The highest BCUT2D eigenvalue weighted by molar-refractivity contribution is 6.01. The average molecular weight is 414 g/mol. The van der Waals surface area contributed by atoms with Crippen molar-refractivity contribution in [2.24, 2.45) is 10.9 Å². The highest BCUT2D eigenvalue weighted by atomic mass is 15.2. The Morgan fingerprint density at radius 3 is 2.90 bits per heavy atom. The Morgan fingerprint density at radius 1 is 1.26 bits per heavy atom. The summed E-state index contributed by atoms with van der Waals surface area (Å²) in [5.41, 5.74) is 9.61. The summed E-state index contributed by atoms with van der Waals surface area (Å²) in [6, 6.07) is 7.19. The van der Waals surface area contributed by atoms with Gasteiger partial charge in [0.05, 0.1) is 5.69 Å². The van der Waals surface area contributed by atoms with Gasteiger partial charge in [-0.2, -0.15) is 0 Å². The third-order valence-corrected chi connectivity index (χ3v) is 7.01. The molecule has 162 valence electrons. The van der Waals surface area contributed by atoms with Crippen molar-refractivity contribution >= 4 is 17.1 Å². The van der Waals surface area contributed by atoms with E-state index in [9.17, 15) is 0 Å². The second-order valence-corrected chi connectivity index (χ2v) is 9.14. The Morgan fingerprint density at radius 2 is 2.10 bits per heavy atom. The molecule has 0 aromatic heterocycles. The first-order chi connectivity index (χ1) is 15.0. The van der Waals surface area contributed by atoms with Crippen molar-refractivity contribution in [3.8, 4) is 0 Å². The summed E-state index contributed by atoms with van der Waals surface area (Å²) in [5.74, 6) is 0.755. The number of likely N-dealkylation sites (tertiary alicyclic amines) is 1. The molecule has 2 unspecified atom stereocenters. The lowest BCUT2D eigenvalue weighted by Gasteiger charge is -2.40. The number of hydrogen-bond donors (Lipinski definition) is 1. The van der Waals surface area contributed by atoms with Gasteiger partial charge in [0.25, 0.3) is 0 Å². The largest absolute Gasteiger partial charge is 0.367 e. The zero-order valence-corrected chi connectivity index (χ0v) is 19.2. The Hall–Kier alpha value is -2.65. The van der Waals surface area contributed by atoms with E-state index in [0.29, 0.717) is 6.04 Å². The van der Waals surface area contributed by atoms with Crippen molar-refractivity contribution in [1.82, 2.24) is 10.2 Å². The molecule has 3 nitrogen and oxygen atoms in total. The van der Waals surface area contributed by atoms with Gasteiger partial charge in [0, 0.05) is 37.1 Å². The topological polar surface area (TPSA) is 27.6 Å². The first kappa shape index (κ1) is 21.6. The third kappa shape index (κ3) is 4.52. The van der Waals surface area contributed by atoms with Crippen LogP contribution in [-0.2, 0) is 0 Å². The predicted molar refractivity (Wildman–Crippen MR) is 134 cm³/mol. The molecule has 2 aliphatic heterocycles. The quantitative estimate of drug-likeness (QED) is 0.449. The SMILES string of the molecule is C=C/C=C\C1=C(C)CC(C(C)=Nc2cc(C(=C)N3CCCC4CNCC43)ccc2C)=C1. The number of allylic oxidation sites excluding steroid dienone is 7. The Labute approximate surface area is 187 Å². The van der Waals surface area contributed by atoms with E-state index < -0.39 is 0 Å². The fourth-order valence-corrected chi connectivity index (χ4v) is 5.07. The Bertz CT molecular complexity index is 1010. The molecule has 2 atom stereocenters. The maximum atomic E-state index is 5.05. The molecule has 2 fully saturated rings. The maximum Gasteiger partial charge on any atom is 0.0668 e. The number of benzene rings is 1. The van der Waals surface area contributed by atoms with Crippen LogP contribution in [0.1, 0.15) is 44.2 Å². The Kier molecular flexibility index (Phi) is 6.43. The highest BCUT2D eigenvalue weighted by Crippen LogP contribution is 2.34. The van der Waals surface area contributed by atoms with Crippen LogP contribution >= 0.6 is 0 Å². The zero-order valence-electron chi connectivity index (χ0n) is 19.2. The molecule has 4 rings (SSSR count). The summed E-state index contributed by atoms with van der Waals surface area (Å²) in [6.07, 6.45) is 11.7. The van der Waals surface area contributed by atoms with Gasteiger partial charge < -0.3 is 10.2 Å². The molecule has 3 heteroatoms. The van der Waals surface area contributed by atoms with Gasteiger partial charge in [0.15, 0.2) is 0 Å². The molecule has 1 aromatic rings. The van der Waals surface area contributed by atoms with E-state index in [1.807, 2.05) is 12.2 Å². The molecule has 1 aliphatic carbocycles. The molecule has 0 radical (unpaired) electrons. The van der Waals surface area contributed by atoms with Crippen molar-refractivity contribution in [2.45, 2.75) is 46.1 Å². The molecular formula is C28H35N3. The normalized spacial score (nSPS) is 24.0. The van der Waals surface area contributed by atoms with Crippen molar-refractivity contribution in [1.29, 1.82) is 0 Å². The van der Waals surface area contributed by atoms with Crippen LogP contribution in [0.4, 0.5) is 5.69 Å². The number of nitrogens with zero attached hydrogens (tertiary/aromatic N) is 2. The number of aryl methyl sites for hydroxylation is 1. The average Bonchev–Trinajstić information content (AvgIpc) is 3.39. The molecule has 31 heavy (non-hydrogen) atoms. The van der Waals surface area contributed by atoms with Gasteiger partial charge in [-0.15, -0.1) is 0 Å². The number of fused-ring (bicyclic) bond motifs is 1. The second kappa shape index (κ2) is 9.23. The fraction of sp³-hybridized carbons (Fsp3) is 0.393. The van der Waals surface area contributed by atoms with Crippen LogP contribution in [0.25, 0.3) is 5.70 Å². The molecule has 2 saturated heterocycles. The standard InChI is InChI=1S/C28H35N3/c1-6-7-9-23-15-26(14-20(23)3)21(4)30-27-16-24(12-11-19(27)2)22(5)31-13-8-10-25-17-29-18-28(25)31/h6-7,9,11-12,15-16,25,28-29H,1,5,8,10,13-14,17-18H2,2-4H3/b9-7-,30-21?. The third-order valence-electron chi connectivity index (χ3n) is 7.01. The van der Waals surface area contributed by atoms with Crippen LogP contribution < -0.4 is 5.32 Å². The molecule has 0 saturated carbocycles. The van der Waals surface area contributed by atoms with Gasteiger partial charge in [-0.25, -0.2) is 0 Å². The molecule has 1 N–H and O–H groups in total. The van der Waals surface area contributed by atoms with Gasteiger partial charge in [-0.05, 0) is 80.4 Å². The first-order valence-corrected chi connectivity index (χ1v) is 11.5. The second-order valence-electron chi connectivity index (χ2n) is 9.14. The molecule has 0 spiro atoms. The predicted octanol–water partition coefficient (Wildman–Crippen LogP) is 6.13. The van der Waals surface area contributed by atoms with Crippen molar-refractivity contribution in [3.63, 3.8) is 0 Å². The van der Waals surface area contributed by atoms with Crippen LogP contribution in [-0.4, -0.2) is 36.3 Å². The van der Waals surface area contributed by atoms with Crippen LogP contribution in [0.3, 0.4) is 0 Å². The summed E-state index contributed by atoms with van der Waals surface area (Å²) in [7, 11) is 0. The summed E-state index contributed by atoms with van der Waals surface area (Å²) in [4.78, 5) is 7.58. The molecule has 3 aliphatic rings. The van der Waals surface area contributed by atoms with E-state index in [1.54, 1.807) is 0 Å². The summed E-state index contributed by atoms with van der Waals surface area (Å²) < 4.78 is 0. The number of nitrogens with one attached hydrogen (secondary N) is 1. The number of piperidine rings is 1. The Balaban J connectivity index is 1.56. The lowest BCUT2D eigenvalue weighted by atomic mass is 9.91. The number of hydrogen-bond acceptors (Lipinski definition) is 3. The smallest absolute Gasteiger partial charge is 0.0668 e. The van der Waals surface area contributed by atoms with Crippen LogP contribution in [0.2, 0.25) is 0 Å². The highest BCUT2D eigenvalue weighted by Gasteiger charge is 2.35. The van der Waals surface area contributed by atoms with Crippen molar-refractivity contribution in [2.75, 3.05) is 19.6 Å². The van der Waals surface area contributed by atoms with Gasteiger partial charge in [-0.1, -0.05) is 49.1 Å². The lowest BCUT2D eigenvalue weighted by molar-refractivity contribution is 0.195. The summed E-state index contributed by atoms with van der Waals surface area (Å²) in [5, 5.41) is 3.57. The minimum absolute atomic E-state index is 0.580. The van der Waals surface area contributed by atoms with Crippen molar-refractivity contribution < 1.29 is 0 Å². The minimum Gasteiger partial charge on any atom is -0.367 e. The maximum absolute atomic E-state index is 5.05. The van der Waals surface area contributed by atoms with Gasteiger partial charge in [-0.3, -0.25) is 4.99 Å². The lowest BCUT2D eigenvalue weighted by Crippen LogP contribution is -2.43. The van der Waals surface area contributed by atoms with Gasteiger partial charge in [0.1, 0.15) is 0 Å². The molecule has 2 heterocycles. The van der Waals surface area contributed by atoms with Crippen molar-refractivity contribution in [3.05, 3.63) is 83.5 Å². The van der Waals surface area contributed by atoms with Gasteiger partial charge >= 0.3 is 0 Å².